The zero-order valence-electron chi connectivity index (χ0n) is 5.50. The Balaban J connectivity index is 2.59. The molecule has 3 N–H and O–H groups in total. The molecule has 0 radical (unpaired) electrons. The highest BCUT2D eigenvalue weighted by atomic mass is 16.6. The van der Waals surface area contributed by atoms with E-state index in [1.807, 2.05) is 0 Å². The van der Waals surface area contributed by atoms with Gasteiger partial charge in [-0.3, -0.25) is 0 Å². The zero-order chi connectivity index (χ0) is 8.01. The normalized spacial score (nSPS) is 11.6. The monoisotopic (exact) mass is 151 g/mol. The molecule has 4 nitrogen and oxygen atoms in total. The van der Waals surface area contributed by atoms with Gasteiger partial charge < -0.3 is 15.6 Å². The molecule has 0 aromatic heterocycles. The number of aromatic carboxylic acids is 1. The predicted molar refractivity (Wildman–Crippen MR) is 37.9 cm³/mol. The third kappa shape index (κ3) is 0.724. The number of anilines is 1. The first-order valence-corrected chi connectivity index (χ1v) is 3.04. The van der Waals surface area contributed by atoms with Crippen LogP contribution in [0.1, 0.15) is 10.4 Å². The average Bonchev–Trinajstić information content (AvgIpc) is 2.66. The van der Waals surface area contributed by atoms with E-state index in [1.54, 1.807) is 6.07 Å². The molecule has 0 aliphatic carbocycles. The van der Waals surface area contributed by atoms with Crippen molar-refractivity contribution < 1.29 is 14.6 Å². The maximum Gasteiger partial charge on any atom is 0.337 e. The van der Waals surface area contributed by atoms with E-state index >= 15 is 0 Å². The van der Waals surface area contributed by atoms with Crippen LogP contribution in [0.3, 0.4) is 0 Å². The predicted octanol–water partition coefficient (Wildman–Crippen LogP) is 1.07. The summed E-state index contributed by atoms with van der Waals surface area (Å²) in [6, 6.07) is 3.03. The fraction of sp³-hybridized carbons (Fsp3) is 0. The first-order valence-electron chi connectivity index (χ1n) is 3.04. The second-order valence-corrected chi connectivity index (χ2v) is 2.26. The Kier molecular flexibility index (Phi) is 0.910. The molecular formula is C7H5NO3. The van der Waals surface area contributed by atoms with Crippen LogP contribution in [-0.4, -0.2) is 11.1 Å². The second-order valence-electron chi connectivity index (χ2n) is 2.26. The molecule has 0 saturated heterocycles. The van der Waals surface area contributed by atoms with Gasteiger partial charge in [-0.25, -0.2) is 4.79 Å². The lowest BCUT2D eigenvalue weighted by Crippen LogP contribution is -1.99. The molecule has 2 rings (SSSR count). The van der Waals surface area contributed by atoms with Crippen LogP contribution in [0, 0.1) is 0 Å². The molecule has 1 aromatic rings. The smallest absolute Gasteiger partial charge is 0.337 e. The number of carboxylic acids is 1. The van der Waals surface area contributed by atoms with E-state index in [-0.39, 0.29) is 11.3 Å². The van der Waals surface area contributed by atoms with Crippen LogP contribution in [-0.2, 0) is 0 Å². The molecular weight excluding hydrogens is 146 g/mol. The average molecular weight is 151 g/mol. The van der Waals surface area contributed by atoms with Gasteiger partial charge in [-0.15, -0.1) is 0 Å². The Hall–Kier alpha value is -1.71. The lowest BCUT2D eigenvalue weighted by atomic mass is 10.2. The first-order chi connectivity index (χ1) is 5.20. The molecule has 0 spiro atoms. The maximum atomic E-state index is 10.5. The van der Waals surface area contributed by atoms with Crippen LogP contribution < -0.4 is 10.5 Å². The van der Waals surface area contributed by atoms with Crippen molar-refractivity contribution in [3.8, 4) is 11.5 Å². The summed E-state index contributed by atoms with van der Waals surface area (Å²) in [5, 5.41) is 8.58. The number of rotatable bonds is 1. The summed E-state index contributed by atoms with van der Waals surface area (Å²) in [6.07, 6.45) is 0. The summed E-state index contributed by atoms with van der Waals surface area (Å²) in [4.78, 5) is 10.5. The second kappa shape index (κ2) is 1.66. The van der Waals surface area contributed by atoms with E-state index < -0.39 is 5.97 Å². The standard InChI is InChI=1S/C7H5NO3/c8-5-3(7(9)10)1-2-4-6(5)11-4/h1-2H,8H2,(H,9,10). The summed E-state index contributed by atoms with van der Waals surface area (Å²) in [5.74, 6) is 0.151. The summed E-state index contributed by atoms with van der Waals surface area (Å²) in [7, 11) is 0. The van der Waals surface area contributed by atoms with Gasteiger partial charge in [0, 0.05) is 0 Å². The van der Waals surface area contributed by atoms with E-state index in [0.717, 1.165) is 0 Å². The minimum Gasteiger partial charge on any atom is -0.478 e. The third-order valence-electron chi connectivity index (χ3n) is 1.56. The van der Waals surface area contributed by atoms with E-state index in [0.29, 0.717) is 11.5 Å². The minimum atomic E-state index is -1.03. The van der Waals surface area contributed by atoms with Crippen LogP contribution in [0.2, 0.25) is 0 Å². The lowest BCUT2D eigenvalue weighted by Gasteiger charge is -1.93. The summed E-state index contributed by atoms with van der Waals surface area (Å²) >= 11 is 0. The Morgan fingerprint density at radius 2 is 2.27 bits per heavy atom. The molecule has 0 bridgehead atoms. The molecule has 0 amide bonds. The van der Waals surface area contributed by atoms with Crippen molar-refractivity contribution in [2.24, 2.45) is 0 Å². The zero-order valence-corrected chi connectivity index (χ0v) is 5.50. The van der Waals surface area contributed by atoms with Gasteiger partial charge >= 0.3 is 5.97 Å². The quantitative estimate of drug-likeness (QED) is 0.472. The highest BCUT2D eigenvalue weighted by Crippen LogP contribution is 2.50. The Morgan fingerprint density at radius 3 is 2.91 bits per heavy atom. The number of carbonyl (C=O) groups is 1. The molecule has 0 unspecified atom stereocenters. The van der Waals surface area contributed by atoms with Gasteiger partial charge in [-0.1, -0.05) is 0 Å². The summed E-state index contributed by atoms with van der Waals surface area (Å²) in [6.45, 7) is 0. The van der Waals surface area contributed by atoms with Gasteiger partial charge in [-0.2, -0.15) is 0 Å². The van der Waals surface area contributed by atoms with Crippen LogP contribution >= 0.6 is 0 Å². The number of hydrogen-bond acceptors (Lipinski definition) is 3. The molecule has 4 heteroatoms. The Labute approximate surface area is 62.2 Å². The van der Waals surface area contributed by atoms with Gasteiger partial charge in [0.25, 0.3) is 0 Å². The van der Waals surface area contributed by atoms with Gasteiger partial charge in [-0.05, 0) is 12.1 Å². The van der Waals surface area contributed by atoms with Crippen LogP contribution in [0.5, 0.6) is 11.5 Å². The molecule has 1 aliphatic heterocycles. The number of fused-ring (bicyclic) bond motifs is 1. The molecule has 56 valence electrons. The van der Waals surface area contributed by atoms with Crippen molar-refractivity contribution >= 4 is 11.7 Å². The van der Waals surface area contributed by atoms with E-state index in [1.165, 1.54) is 6.07 Å². The summed E-state index contributed by atoms with van der Waals surface area (Å²) < 4.78 is 4.87. The van der Waals surface area contributed by atoms with E-state index in [4.69, 9.17) is 15.6 Å². The highest BCUT2D eigenvalue weighted by Gasteiger charge is 2.27. The molecule has 0 saturated carbocycles. The Bertz CT molecular complexity index is 346. The topological polar surface area (TPSA) is 75.9 Å². The number of hydrogen-bond donors (Lipinski definition) is 2. The minimum absolute atomic E-state index is 0.0984. The summed E-state index contributed by atoms with van der Waals surface area (Å²) in [5.41, 5.74) is 5.75. The van der Waals surface area contributed by atoms with Crippen LogP contribution in [0.15, 0.2) is 12.1 Å². The van der Waals surface area contributed by atoms with Crippen LogP contribution in [0.4, 0.5) is 5.69 Å². The molecule has 1 aromatic carbocycles. The SMILES string of the molecule is Nc1c(C(=O)O)ccc2c1O2. The molecule has 0 atom stereocenters. The van der Waals surface area contributed by atoms with Gasteiger partial charge in [0.1, 0.15) is 0 Å². The maximum absolute atomic E-state index is 10.5. The van der Waals surface area contributed by atoms with Crippen molar-refractivity contribution in [2.45, 2.75) is 0 Å². The fourth-order valence-electron chi connectivity index (χ4n) is 0.939. The number of ether oxygens (including phenoxy) is 1. The largest absolute Gasteiger partial charge is 0.478 e. The highest BCUT2D eigenvalue weighted by molar-refractivity contribution is 5.97. The van der Waals surface area contributed by atoms with Crippen molar-refractivity contribution in [1.82, 2.24) is 0 Å². The third-order valence-corrected chi connectivity index (χ3v) is 1.56. The van der Waals surface area contributed by atoms with Gasteiger partial charge in [0.2, 0.25) is 0 Å². The number of nitrogen functional groups attached to an aromatic ring is 1. The van der Waals surface area contributed by atoms with Crippen molar-refractivity contribution in [1.29, 1.82) is 0 Å². The molecule has 1 heterocycles. The fourth-order valence-corrected chi connectivity index (χ4v) is 0.939. The van der Waals surface area contributed by atoms with Crippen molar-refractivity contribution in [3.63, 3.8) is 0 Å². The lowest BCUT2D eigenvalue weighted by molar-refractivity contribution is 0.0698. The van der Waals surface area contributed by atoms with Crippen molar-refractivity contribution in [2.75, 3.05) is 5.73 Å². The number of benzene rings is 1. The van der Waals surface area contributed by atoms with E-state index in [2.05, 4.69) is 0 Å². The van der Waals surface area contributed by atoms with Gasteiger partial charge in [0.05, 0.1) is 11.3 Å². The van der Waals surface area contributed by atoms with Crippen molar-refractivity contribution in [3.05, 3.63) is 17.7 Å². The Morgan fingerprint density at radius 1 is 1.55 bits per heavy atom. The molecule has 1 aliphatic rings. The first kappa shape index (κ1) is 6.03. The van der Waals surface area contributed by atoms with E-state index in [9.17, 15) is 4.79 Å². The van der Waals surface area contributed by atoms with Crippen LogP contribution in [0.25, 0.3) is 0 Å². The number of carboxylic acid groups (broad SMARTS) is 1. The molecule has 0 fully saturated rings. The van der Waals surface area contributed by atoms with Gasteiger partial charge in [0.15, 0.2) is 11.5 Å². The molecule has 11 heavy (non-hydrogen) atoms. The number of nitrogens with two attached hydrogens (primary N) is 1.